The van der Waals surface area contributed by atoms with E-state index in [0.717, 1.165) is 34.2 Å². The van der Waals surface area contributed by atoms with Gasteiger partial charge in [0.2, 0.25) is 0 Å². The van der Waals surface area contributed by atoms with E-state index >= 15 is 0 Å². The number of para-hydroxylation sites is 1. The third-order valence-corrected chi connectivity index (χ3v) is 5.20. The van der Waals surface area contributed by atoms with E-state index in [2.05, 4.69) is 33.4 Å². The molecule has 0 saturated heterocycles. The van der Waals surface area contributed by atoms with E-state index in [1.54, 1.807) is 24.4 Å². The third kappa shape index (κ3) is 7.63. The summed E-state index contributed by atoms with van der Waals surface area (Å²) in [6.45, 7) is 5.66. The number of halogens is 1. The Hall–Kier alpha value is -3.32. The first kappa shape index (κ1) is 25.3. The van der Waals surface area contributed by atoms with Crippen LogP contribution < -0.4 is 19.6 Å². The number of hydrogen-bond donors (Lipinski definition) is 1. The Labute approximate surface area is 209 Å². The van der Waals surface area contributed by atoms with Gasteiger partial charge in [-0.3, -0.25) is 4.79 Å². The van der Waals surface area contributed by atoms with Crippen LogP contribution in [0.5, 0.6) is 17.2 Å². The van der Waals surface area contributed by atoms with Crippen molar-refractivity contribution in [3.8, 4) is 17.2 Å². The SMILES string of the molecule is CCCOc1ccc(/C=N\NC(=O)c2ccccc2OCc2cccc(Br)c2)c(OCCC)c1. The van der Waals surface area contributed by atoms with Crippen molar-refractivity contribution >= 4 is 28.1 Å². The number of nitrogens with one attached hydrogen (secondary N) is 1. The highest BCUT2D eigenvalue weighted by Crippen LogP contribution is 2.25. The average Bonchev–Trinajstić information content (AvgIpc) is 2.86. The van der Waals surface area contributed by atoms with E-state index in [1.807, 2.05) is 55.5 Å². The fraction of sp³-hybridized carbons (Fsp3) is 0.259. The third-order valence-electron chi connectivity index (χ3n) is 4.70. The minimum absolute atomic E-state index is 0.345. The molecule has 0 aliphatic carbocycles. The number of nitrogens with zero attached hydrogens (tertiary/aromatic N) is 1. The standard InChI is InChI=1S/C27H29BrN2O4/c1-3-14-32-23-13-12-21(26(17-23)33-15-4-2)18-29-30-27(31)24-10-5-6-11-25(24)34-19-20-8-7-9-22(28)16-20/h5-13,16-18H,3-4,14-15,19H2,1-2H3,(H,30,31)/b29-18-. The molecular weight excluding hydrogens is 496 g/mol. The summed E-state index contributed by atoms with van der Waals surface area (Å²) in [6.07, 6.45) is 3.37. The van der Waals surface area contributed by atoms with E-state index < -0.39 is 0 Å². The summed E-state index contributed by atoms with van der Waals surface area (Å²) in [4.78, 5) is 12.8. The Morgan fingerprint density at radius 2 is 1.71 bits per heavy atom. The molecule has 0 heterocycles. The first-order valence-electron chi connectivity index (χ1n) is 11.3. The average molecular weight is 525 g/mol. The molecule has 6 nitrogen and oxygen atoms in total. The van der Waals surface area contributed by atoms with Crippen molar-refractivity contribution in [1.82, 2.24) is 5.43 Å². The zero-order valence-electron chi connectivity index (χ0n) is 19.4. The summed E-state index contributed by atoms with van der Waals surface area (Å²) in [7, 11) is 0. The molecule has 3 aromatic rings. The highest BCUT2D eigenvalue weighted by Gasteiger charge is 2.12. The van der Waals surface area contributed by atoms with Gasteiger partial charge in [0, 0.05) is 16.1 Å². The topological polar surface area (TPSA) is 69.2 Å². The largest absolute Gasteiger partial charge is 0.493 e. The van der Waals surface area contributed by atoms with Gasteiger partial charge in [-0.2, -0.15) is 5.10 Å². The lowest BCUT2D eigenvalue weighted by Crippen LogP contribution is -2.18. The number of benzene rings is 3. The van der Waals surface area contributed by atoms with Crippen molar-refractivity contribution in [2.24, 2.45) is 5.10 Å². The van der Waals surface area contributed by atoms with Gasteiger partial charge in [-0.25, -0.2) is 5.43 Å². The molecule has 0 bridgehead atoms. The van der Waals surface area contributed by atoms with Crippen LogP contribution in [0.4, 0.5) is 0 Å². The molecule has 1 amide bonds. The van der Waals surface area contributed by atoms with Crippen molar-refractivity contribution in [2.75, 3.05) is 13.2 Å². The number of ether oxygens (including phenoxy) is 3. The van der Waals surface area contributed by atoms with Crippen LogP contribution in [0.25, 0.3) is 0 Å². The quantitative estimate of drug-likeness (QED) is 0.220. The number of hydrogen-bond acceptors (Lipinski definition) is 5. The first-order valence-corrected chi connectivity index (χ1v) is 12.1. The summed E-state index contributed by atoms with van der Waals surface area (Å²) < 4.78 is 18.4. The fourth-order valence-corrected chi connectivity index (χ4v) is 3.50. The Balaban J connectivity index is 1.67. The van der Waals surface area contributed by atoms with Gasteiger partial charge in [0.05, 0.1) is 25.0 Å². The minimum atomic E-state index is -0.361. The van der Waals surface area contributed by atoms with E-state index in [1.165, 1.54) is 0 Å². The molecule has 7 heteroatoms. The van der Waals surface area contributed by atoms with Crippen LogP contribution >= 0.6 is 15.9 Å². The van der Waals surface area contributed by atoms with Crippen molar-refractivity contribution in [3.63, 3.8) is 0 Å². The molecule has 178 valence electrons. The molecule has 3 rings (SSSR count). The summed E-state index contributed by atoms with van der Waals surface area (Å²) in [6, 6.07) is 20.5. The maximum atomic E-state index is 12.8. The maximum absolute atomic E-state index is 12.8. The molecule has 0 spiro atoms. The van der Waals surface area contributed by atoms with Crippen LogP contribution in [0.15, 0.2) is 76.3 Å². The van der Waals surface area contributed by atoms with Crippen LogP contribution in [0.3, 0.4) is 0 Å². The van der Waals surface area contributed by atoms with Crippen molar-refractivity contribution in [3.05, 3.63) is 87.9 Å². The minimum Gasteiger partial charge on any atom is -0.493 e. The fourth-order valence-electron chi connectivity index (χ4n) is 3.06. The Morgan fingerprint density at radius 1 is 0.912 bits per heavy atom. The monoisotopic (exact) mass is 524 g/mol. The summed E-state index contributed by atoms with van der Waals surface area (Å²) in [5, 5.41) is 4.14. The van der Waals surface area contributed by atoms with Crippen molar-refractivity contribution < 1.29 is 19.0 Å². The van der Waals surface area contributed by atoms with E-state index in [-0.39, 0.29) is 5.91 Å². The molecule has 0 atom stereocenters. The van der Waals surface area contributed by atoms with Crippen LogP contribution in [-0.4, -0.2) is 25.3 Å². The molecule has 0 unspecified atom stereocenters. The van der Waals surface area contributed by atoms with Crippen LogP contribution in [-0.2, 0) is 6.61 Å². The zero-order valence-corrected chi connectivity index (χ0v) is 21.0. The highest BCUT2D eigenvalue weighted by molar-refractivity contribution is 9.10. The molecule has 0 saturated carbocycles. The second-order valence-corrected chi connectivity index (χ2v) is 8.43. The number of amides is 1. The van der Waals surface area contributed by atoms with Gasteiger partial charge in [0.15, 0.2) is 0 Å². The smallest absolute Gasteiger partial charge is 0.275 e. The Bertz CT molecular complexity index is 1120. The predicted octanol–water partition coefficient (Wildman–Crippen LogP) is 6.37. The van der Waals surface area contributed by atoms with Crippen molar-refractivity contribution in [2.45, 2.75) is 33.3 Å². The van der Waals surface area contributed by atoms with E-state index in [9.17, 15) is 4.79 Å². The van der Waals surface area contributed by atoms with Crippen LogP contribution in [0, 0.1) is 0 Å². The van der Waals surface area contributed by atoms with Crippen LogP contribution in [0.1, 0.15) is 48.2 Å². The number of carbonyl (C=O) groups excluding carboxylic acids is 1. The second kappa shape index (κ2) is 13.4. The predicted molar refractivity (Wildman–Crippen MR) is 138 cm³/mol. The number of hydrazone groups is 1. The lowest BCUT2D eigenvalue weighted by Gasteiger charge is -2.12. The number of carbonyl (C=O) groups is 1. The molecule has 0 radical (unpaired) electrons. The summed E-state index contributed by atoms with van der Waals surface area (Å²) in [5.74, 6) is 1.52. The Kier molecular flexibility index (Phi) is 9.98. The van der Waals surface area contributed by atoms with Gasteiger partial charge in [0.1, 0.15) is 23.9 Å². The first-order chi connectivity index (χ1) is 16.6. The van der Waals surface area contributed by atoms with Crippen LogP contribution in [0.2, 0.25) is 0 Å². The van der Waals surface area contributed by atoms with E-state index in [4.69, 9.17) is 14.2 Å². The lowest BCUT2D eigenvalue weighted by molar-refractivity contribution is 0.0950. The molecule has 0 aliphatic rings. The van der Waals surface area contributed by atoms with Crippen molar-refractivity contribution in [1.29, 1.82) is 0 Å². The Morgan fingerprint density at radius 3 is 2.50 bits per heavy atom. The normalized spacial score (nSPS) is 10.8. The second-order valence-electron chi connectivity index (χ2n) is 7.51. The van der Waals surface area contributed by atoms with Gasteiger partial charge >= 0.3 is 0 Å². The van der Waals surface area contributed by atoms with Gasteiger partial charge in [-0.05, 0) is 54.8 Å². The van der Waals surface area contributed by atoms with Gasteiger partial charge in [-0.1, -0.05) is 54.0 Å². The highest BCUT2D eigenvalue weighted by atomic mass is 79.9. The van der Waals surface area contributed by atoms with Gasteiger partial charge in [-0.15, -0.1) is 0 Å². The summed E-state index contributed by atoms with van der Waals surface area (Å²) >= 11 is 3.46. The molecule has 1 N–H and O–H groups in total. The molecule has 0 aliphatic heterocycles. The maximum Gasteiger partial charge on any atom is 0.275 e. The zero-order chi connectivity index (χ0) is 24.2. The lowest BCUT2D eigenvalue weighted by atomic mass is 10.2. The molecule has 34 heavy (non-hydrogen) atoms. The summed E-state index contributed by atoms with van der Waals surface area (Å²) in [5.41, 5.74) is 4.73. The molecule has 0 fully saturated rings. The molecular formula is C27H29BrN2O4. The number of rotatable bonds is 12. The van der Waals surface area contributed by atoms with E-state index in [0.29, 0.717) is 36.9 Å². The van der Waals surface area contributed by atoms with Gasteiger partial charge in [0.25, 0.3) is 5.91 Å². The molecule has 0 aromatic heterocycles. The van der Waals surface area contributed by atoms with Gasteiger partial charge < -0.3 is 14.2 Å². The molecule has 3 aromatic carbocycles.